The van der Waals surface area contributed by atoms with Crippen molar-refractivity contribution in [3.05, 3.63) is 88.4 Å². The highest BCUT2D eigenvalue weighted by molar-refractivity contribution is 9.10. The van der Waals surface area contributed by atoms with E-state index in [1.54, 1.807) is 61.7 Å². The fourth-order valence-corrected chi connectivity index (χ4v) is 2.85. The fraction of sp³-hybridized carbons (Fsp3) is 0.0870. The zero-order valence-corrected chi connectivity index (χ0v) is 18.2. The van der Waals surface area contributed by atoms with Crippen LogP contribution in [-0.4, -0.2) is 31.8 Å². The lowest BCUT2D eigenvalue weighted by Gasteiger charge is -2.09. The molecule has 1 amide bonds. The first-order valence-corrected chi connectivity index (χ1v) is 10.00. The number of hydrogen-bond acceptors (Lipinski definition) is 6. The molecule has 8 heteroatoms. The molecule has 0 radical (unpaired) electrons. The molecule has 7 nitrogen and oxygen atoms in total. The van der Waals surface area contributed by atoms with Gasteiger partial charge in [-0.05, 0) is 54.6 Å². The molecule has 0 heterocycles. The van der Waals surface area contributed by atoms with Crippen molar-refractivity contribution in [2.75, 3.05) is 13.7 Å². The summed E-state index contributed by atoms with van der Waals surface area (Å²) in [6, 6.07) is 20.6. The molecule has 0 saturated carbocycles. The number of nitrogens with zero attached hydrogens (tertiary/aromatic N) is 1. The maximum atomic E-state index is 12.4. The van der Waals surface area contributed by atoms with Gasteiger partial charge in [0.25, 0.3) is 5.91 Å². The Morgan fingerprint density at radius 3 is 2.45 bits per heavy atom. The normalized spacial score (nSPS) is 10.5. The number of rotatable bonds is 8. The van der Waals surface area contributed by atoms with Crippen molar-refractivity contribution in [2.45, 2.75) is 0 Å². The summed E-state index contributed by atoms with van der Waals surface area (Å²) in [5.74, 6) is 0.565. The van der Waals surface area contributed by atoms with E-state index in [0.717, 1.165) is 4.47 Å². The molecule has 0 unspecified atom stereocenters. The molecule has 0 saturated heterocycles. The molecule has 0 aliphatic rings. The standard InChI is InChI=1S/C23H19BrN2O5/c1-29-19-10-7-16(8-11-19)23(28)31-21-12-9-18(24)13-17(21)14-25-26-22(27)15-30-20-5-3-2-4-6-20/h2-14H,15H2,1H3,(H,26,27)/b25-14-. The Labute approximate surface area is 187 Å². The van der Waals surface area contributed by atoms with Crippen LogP contribution in [0.15, 0.2) is 82.4 Å². The molecular weight excluding hydrogens is 464 g/mol. The minimum atomic E-state index is -0.528. The Bertz CT molecular complexity index is 1070. The van der Waals surface area contributed by atoms with Gasteiger partial charge in [0, 0.05) is 10.0 Å². The lowest BCUT2D eigenvalue weighted by Crippen LogP contribution is -2.24. The van der Waals surface area contributed by atoms with Gasteiger partial charge in [0.1, 0.15) is 17.2 Å². The van der Waals surface area contributed by atoms with Gasteiger partial charge in [0.05, 0.1) is 18.9 Å². The van der Waals surface area contributed by atoms with E-state index in [9.17, 15) is 9.59 Å². The largest absolute Gasteiger partial charge is 0.497 e. The number of carbonyl (C=O) groups is 2. The average molecular weight is 483 g/mol. The second kappa shape index (κ2) is 10.9. The van der Waals surface area contributed by atoms with E-state index in [0.29, 0.717) is 28.4 Å². The van der Waals surface area contributed by atoms with Crippen LogP contribution in [0.4, 0.5) is 0 Å². The quantitative estimate of drug-likeness (QED) is 0.225. The summed E-state index contributed by atoms with van der Waals surface area (Å²) in [7, 11) is 1.55. The molecule has 0 aromatic heterocycles. The molecule has 3 aromatic carbocycles. The first kappa shape index (κ1) is 22.0. The summed E-state index contributed by atoms with van der Waals surface area (Å²) < 4.78 is 16.7. The molecular formula is C23H19BrN2O5. The van der Waals surface area contributed by atoms with Crippen LogP contribution in [0.5, 0.6) is 17.2 Å². The molecule has 1 N–H and O–H groups in total. The number of para-hydroxylation sites is 1. The monoisotopic (exact) mass is 482 g/mol. The number of benzene rings is 3. The van der Waals surface area contributed by atoms with E-state index < -0.39 is 11.9 Å². The summed E-state index contributed by atoms with van der Waals surface area (Å²) in [5.41, 5.74) is 3.26. The summed E-state index contributed by atoms with van der Waals surface area (Å²) in [6.45, 7) is -0.181. The van der Waals surface area contributed by atoms with E-state index in [1.807, 2.05) is 18.2 Å². The molecule has 31 heavy (non-hydrogen) atoms. The predicted octanol–water partition coefficient (Wildman–Crippen LogP) is 4.21. The lowest BCUT2D eigenvalue weighted by molar-refractivity contribution is -0.123. The summed E-state index contributed by atoms with van der Waals surface area (Å²) in [6.07, 6.45) is 1.39. The number of esters is 1. The first-order valence-electron chi connectivity index (χ1n) is 9.20. The van der Waals surface area contributed by atoms with Crippen LogP contribution in [0, 0.1) is 0 Å². The van der Waals surface area contributed by atoms with Crippen LogP contribution >= 0.6 is 15.9 Å². The fourth-order valence-electron chi connectivity index (χ4n) is 2.47. The molecule has 3 aromatic rings. The summed E-state index contributed by atoms with van der Waals surface area (Å²) in [4.78, 5) is 24.4. The number of halogens is 1. The Balaban J connectivity index is 1.62. The maximum absolute atomic E-state index is 12.4. The van der Waals surface area contributed by atoms with Crippen LogP contribution in [0.25, 0.3) is 0 Å². The zero-order chi connectivity index (χ0) is 22.1. The van der Waals surface area contributed by atoms with Gasteiger partial charge in [-0.1, -0.05) is 34.1 Å². The van der Waals surface area contributed by atoms with Crippen LogP contribution in [0.1, 0.15) is 15.9 Å². The van der Waals surface area contributed by atoms with Crippen molar-refractivity contribution in [1.82, 2.24) is 5.43 Å². The van der Waals surface area contributed by atoms with Gasteiger partial charge in [-0.25, -0.2) is 10.2 Å². The van der Waals surface area contributed by atoms with E-state index in [2.05, 4.69) is 26.5 Å². The summed E-state index contributed by atoms with van der Waals surface area (Å²) >= 11 is 3.37. The van der Waals surface area contributed by atoms with E-state index in [-0.39, 0.29) is 6.61 Å². The topological polar surface area (TPSA) is 86.2 Å². The number of ether oxygens (including phenoxy) is 3. The number of methoxy groups -OCH3 is 1. The van der Waals surface area contributed by atoms with Crippen molar-refractivity contribution < 1.29 is 23.8 Å². The highest BCUT2D eigenvalue weighted by Crippen LogP contribution is 2.23. The van der Waals surface area contributed by atoms with Gasteiger partial charge in [0.2, 0.25) is 0 Å². The minimum absolute atomic E-state index is 0.181. The second-order valence-electron chi connectivity index (χ2n) is 6.20. The van der Waals surface area contributed by atoms with Crippen molar-refractivity contribution in [2.24, 2.45) is 5.10 Å². The van der Waals surface area contributed by atoms with Gasteiger partial charge in [0.15, 0.2) is 6.61 Å². The molecule has 0 atom stereocenters. The average Bonchev–Trinajstić information content (AvgIpc) is 2.80. The van der Waals surface area contributed by atoms with E-state index in [1.165, 1.54) is 6.21 Å². The van der Waals surface area contributed by atoms with Gasteiger partial charge in [-0.15, -0.1) is 0 Å². The molecule has 0 fully saturated rings. The zero-order valence-electron chi connectivity index (χ0n) is 16.6. The van der Waals surface area contributed by atoms with Gasteiger partial charge >= 0.3 is 5.97 Å². The molecule has 0 aliphatic heterocycles. The first-order chi connectivity index (χ1) is 15.0. The third-order valence-corrected chi connectivity index (χ3v) is 4.50. The number of amides is 1. The van der Waals surface area contributed by atoms with Gasteiger partial charge in [-0.3, -0.25) is 4.79 Å². The van der Waals surface area contributed by atoms with Crippen LogP contribution < -0.4 is 19.6 Å². The highest BCUT2D eigenvalue weighted by Gasteiger charge is 2.12. The third kappa shape index (κ3) is 6.68. The van der Waals surface area contributed by atoms with E-state index >= 15 is 0 Å². The van der Waals surface area contributed by atoms with Gasteiger partial charge in [-0.2, -0.15) is 5.10 Å². The Morgan fingerprint density at radius 2 is 1.74 bits per heavy atom. The van der Waals surface area contributed by atoms with Crippen molar-refractivity contribution in [3.8, 4) is 17.2 Å². The minimum Gasteiger partial charge on any atom is -0.497 e. The van der Waals surface area contributed by atoms with Crippen LogP contribution in [-0.2, 0) is 4.79 Å². The second-order valence-corrected chi connectivity index (χ2v) is 7.11. The maximum Gasteiger partial charge on any atom is 0.343 e. The number of carbonyl (C=O) groups excluding carboxylic acids is 2. The molecule has 0 spiro atoms. The summed E-state index contributed by atoms with van der Waals surface area (Å²) in [5, 5.41) is 3.93. The van der Waals surface area contributed by atoms with Crippen molar-refractivity contribution in [3.63, 3.8) is 0 Å². The predicted molar refractivity (Wildman–Crippen MR) is 120 cm³/mol. The van der Waals surface area contributed by atoms with Crippen LogP contribution in [0.2, 0.25) is 0 Å². The Hall–Kier alpha value is -3.65. The smallest absolute Gasteiger partial charge is 0.343 e. The highest BCUT2D eigenvalue weighted by atomic mass is 79.9. The third-order valence-electron chi connectivity index (χ3n) is 4.01. The molecule has 0 aliphatic carbocycles. The lowest BCUT2D eigenvalue weighted by atomic mass is 10.2. The van der Waals surface area contributed by atoms with Crippen molar-refractivity contribution >= 4 is 34.0 Å². The van der Waals surface area contributed by atoms with Gasteiger partial charge < -0.3 is 14.2 Å². The SMILES string of the molecule is COc1ccc(C(=O)Oc2ccc(Br)cc2/C=N\NC(=O)COc2ccccc2)cc1. The Kier molecular flexibility index (Phi) is 7.78. The molecule has 0 bridgehead atoms. The number of hydrogen-bond donors (Lipinski definition) is 1. The Morgan fingerprint density at radius 1 is 1.00 bits per heavy atom. The van der Waals surface area contributed by atoms with E-state index in [4.69, 9.17) is 14.2 Å². The molecule has 158 valence electrons. The number of hydrazone groups is 1. The van der Waals surface area contributed by atoms with Crippen molar-refractivity contribution in [1.29, 1.82) is 0 Å². The molecule has 3 rings (SSSR count). The van der Waals surface area contributed by atoms with Crippen LogP contribution in [0.3, 0.4) is 0 Å². The number of nitrogens with one attached hydrogen (secondary N) is 1.